The third kappa shape index (κ3) is 3.08. The Bertz CT molecular complexity index is 348. The molecule has 0 radical (unpaired) electrons. The molecule has 1 aliphatic heterocycles. The van der Waals surface area contributed by atoms with Crippen LogP contribution in [0.2, 0.25) is 0 Å². The molecule has 88 valence electrons. The van der Waals surface area contributed by atoms with Gasteiger partial charge in [-0.25, -0.2) is 0 Å². The number of likely N-dealkylation sites (tertiary alicyclic amines) is 1. The molecule has 1 unspecified atom stereocenters. The van der Waals surface area contributed by atoms with Crippen LogP contribution in [0, 0.1) is 5.92 Å². The zero-order valence-electron chi connectivity index (χ0n) is 10.1. The van der Waals surface area contributed by atoms with E-state index >= 15 is 0 Å². The van der Waals surface area contributed by atoms with Crippen molar-refractivity contribution >= 4 is 15.9 Å². The second-order valence-corrected chi connectivity index (χ2v) is 6.11. The maximum Gasteiger partial charge on any atom is 0.0178 e. The van der Waals surface area contributed by atoms with E-state index in [2.05, 4.69) is 58.9 Å². The van der Waals surface area contributed by atoms with Crippen LogP contribution in [-0.2, 0) is 0 Å². The van der Waals surface area contributed by atoms with Crippen LogP contribution in [0.25, 0.3) is 0 Å². The van der Waals surface area contributed by atoms with E-state index in [9.17, 15) is 0 Å². The molecule has 16 heavy (non-hydrogen) atoms. The van der Waals surface area contributed by atoms with E-state index in [-0.39, 0.29) is 0 Å². The molecule has 0 bridgehead atoms. The van der Waals surface area contributed by atoms with Gasteiger partial charge in [-0.05, 0) is 42.5 Å². The van der Waals surface area contributed by atoms with Gasteiger partial charge >= 0.3 is 0 Å². The number of halogens is 1. The molecule has 0 saturated carbocycles. The molecule has 0 N–H and O–H groups in total. The molecule has 0 amide bonds. The normalized spacial score (nSPS) is 21.9. The van der Waals surface area contributed by atoms with E-state index in [1.807, 2.05) is 0 Å². The van der Waals surface area contributed by atoms with Crippen LogP contribution in [0.15, 0.2) is 28.7 Å². The molecule has 1 saturated heterocycles. The Morgan fingerprint density at radius 3 is 2.94 bits per heavy atom. The molecule has 2 rings (SSSR count). The van der Waals surface area contributed by atoms with Gasteiger partial charge in [-0.3, -0.25) is 0 Å². The Morgan fingerprint density at radius 2 is 2.25 bits per heavy atom. The van der Waals surface area contributed by atoms with E-state index < -0.39 is 0 Å². The van der Waals surface area contributed by atoms with Crippen LogP contribution < -0.4 is 0 Å². The summed E-state index contributed by atoms with van der Waals surface area (Å²) < 4.78 is 1.20. The predicted molar refractivity (Wildman–Crippen MR) is 72.8 cm³/mol. The molecule has 1 aromatic carbocycles. The summed E-state index contributed by atoms with van der Waals surface area (Å²) in [6.07, 6.45) is 1.31. The van der Waals surface area contributed by atoms with Crippen LogP contribution in [0.4, 0.5) is 0 Å². The summed E-state index contributed by atoms with van der Waals surface area (Å²) in [7, 11) is 0. The van der Waals surface area contributed by atoms with Crippen molar-refractivity contribution in [1.82, 2.24) is 4.90 Å². The summed E-state index contributed by atoms with van der Waals surface area (Å²) in [5.41, 5.74) is 1.49. The third-order valence-corrected chi connectivity index (χ3v) is 3.71. The average molecular weight is 282 g/mol. The predicted octanol–water partition coefficient (Wildman–Crippen LogP) is 3.89. The molecule has 1 aliphatic rings. The van der Waals surface area contributed by atoms with Crippen molar-refractivity contribution in [3.05, 3.63) is 34.3 Å². The van der Waals surface area contributed by atoms with Crippen LogP contribution in [0.1, 0.15) is 31.7 Å². The quantitative estimate of drug-likeness (QED) is 0.813. The van der Waals surface area contributed by atoms with E-state index in [0.29, 0.717) is 0 Å². The summed E-state index contributed by atoms with van der Waals surface area (Å²) in [5, 5.41) is 0. The molecule has 1 aromatic rings. The number of hydrogen-bond donors (Lipinski definition) is 0. The molecule has 0 aliphatic carbocycles. The minimum atomic E-state index is 0.733. The smallest absolute Gasteiger partial charge is 0.0178 e. The van der Waals surface area contributed by atoms with Crippen molar-refractivity contribution in [1.29, 1.82) is 0 Å². The molecule has 1 heterocycles. The van der Waals surface area contributed by atoms with Gasteiger partial charge < -0.3 is 4.90 Å². The first-order valence-electron chi connectivity index (χ1n) is 6.13. The van der Waals surface area contributed by atoms with E-state index in [1.165, 1.54) is 36.1 Å². The second-order valence-electron chi connectivity index (χ2n) is 5.19. The van der Waals surface area contributed by atoms with E-state index in [0.717, 1.165) is 11.8 Å². The maximum atomic E-state index is 3.55. The standard InChI is InChI=1S/C14H20BrN/c1-11(2)9-16-7-6-13(10-16)12-4-3-5-14(15)8-12/h3-5,8,11,13H,6-7,9-10H2,1-2H3. The van der Waals surface area contributed by atoms with Crippen LogP contribution in [0.3, 0.4) is 0 Å². The van der Waals surface area contributed by atoms with Gasteiger partial charge in [-0.15, -0.1) is 0 Å². The van der Waals surface area contributed by atoms with Crippen molar-refractivity contribution in [2.45, 2.75) is 26.2 Å². The van der Waals surface area contributed by atoms with Crippen molar-refractivity contribution in [2.24, 2.45) is 5.92 Å². The van der Waals surface area contributed by atoms with Crippen LogP contribution in [-0.4, -0.2) is 24.5 Å². The van der Waals surface area contributed by atoms with Crippen molar-refractivity contribution in [3.63, 3.8) is 0 Å². The Morgan fingerprint density at radius 1 is 1.44 bits per heavy atom. The largest absolute Gasteiger partial charge is 0.302 e. The molecule has 1 atom stereocenters. The summed E-state index contributed by atoms with van der Waals surface area (Å²) in [5.74, 6) is 1.51. The van der Waals surface area contributed by atoms with Crippen LogP contribution >= 0.6 is 15.9 Å². The first-order chi connectivity index (χ1) is 7.65. The van der Waals surface area contributed by atoms with Gasteiger partial charge in [0, 0.05) is 17.6 Å². The maximum absolute atomic E-state index is 3.55. The highest BCUT2D eigenvalue weighted by Gasteiger charge is 2.23. The fraction of sp³-hybridized carbons (Fsp3) is 0.571. The number of hydrogen-bond acceptors (Lipinski definition) is 1. The molecular formula is C14H20BrN. The zero-order valence-corrected chi connectivity index (χ0v) is 11.7. The van der Waals surface area contributed by atoms with Gasteiger partial charge in [-0.2, -0.15) is 0 Å². The SMILES string of the molecule is CC(C)CN1CCC(c2cccc(Br)c2)C1. The monoisotopic (exact) mass is 281 g/mol. The zero-order chi connectivity index (χ0) is 11.5. The van der Waals surface area contributed by atoms with E-state index in [1.54, 1.807) is 0 Å². The Hall–Kier alpha value is -0.340. The molecule has 0 spiro atoms. The van der Waals surface area contributed by atoms with Crippen molar-refractivity contribution < 1.29 is 0 Å². The third-order valence-electron chi connectivity index (χ3n) is 3.22. The van der Waals surface area contributed by atoms with Gasteiger partial charge in [0.15, 0.2) is 0 Å². The Balaban J connectivity index is 1.98. The summed E-state index contributed by atoms with van der Waals surface area (Å²) >= 11 is 3.55. The minimum Gasteiger partial charge on any atom is -0.302 e. The minimum absolute atomic E-state index is 0.733. The number of nitrogens with zero attached hydrogens (tertiary/aromatic N) is 1. The van der Waals surface area contributed by atoms with Gasteiger partial charge in [0.1, 0.15) is 0 Å². The Labute approximate surface area is 107 Å². The Kier molecular flexibility index (Phi) is 4.04. The highest BCUT2D eigenvalue weighted by atomic mass is 79.9. The first kappa shape index (κ1) is 12.1. The summed E-state index contributed by atoms with van der Waals surface area (Å²) in [4.78, 5) is 2.59. The highest BCUT2D eigenvalue weighted by molar-refractivity contribution is 9.10. The first-order valence-corrected chi connectivity index (χ1v) is 6.92. The topological polar surface area (TPSA) is 3.24 Å². The molecule has 1 nitrogen and oxygen atoms in total. The van der Waals surface area contributed by atoms with Crippen molar-refractivity contribution in [2.75, 3.05) is 19.6 Å². The van der Waals surface area contributed by atoms with Gasteiger partial charge in [0.05, 0.1) is 0 Å². The molecule has 1 fully saturated rings. The van der Waals surface area contributed by atoms with Gasteiger partial charge in [0.25, 0.3) is 0 Å². The second kappa shape index (κ2) is 5.33. The number of benzene rings is 1. The lowest BCUT2D eigenvalue weighted by molar-refractivity contribution is 0.295. The fourth-order valence-corrected chi connectivity index (χ4v) is 2.96. The van der Waals surface area contributed by atoms with Crippen molar-refractivity contribution in [3.8, 4) is 0 Å². The molecule has 2 heteroatoms. The highest BCUT2D eigenvalue weighted by Crippen LogP contribution is 2.29. The van der Waals surface area contributed by atoms with E-state index in [4.69, 9.17) is 0 Å². The lowest BCUT2D eigenvalue weighted by Crippen LogP contribution is -2.24. The van der Waals surface area contributed by atoms with Gasteiger partial charge in [0.2, 0.25) is 0 Å². The average Bonchev–Trinajstić information content (AvgIpc) is 2.65. The fourth-order valence-electron chi connectivity index (χ4n) is 2.55. The molecule has 0 aromatic heterocycles. The van der Waals surface area contributed by atoms with Gasteiger partial charge in [-0.1, -0.05) is 41.9 Å². The molecular weight excluding hydrogens is 262 g/mol. The lowest BCUT2D eigenvalue weighted by Gasteiger charge is -2.18. The van der Waals surface area contributed by atoms with Crippen LogP contribution in [0.5, 0.6) is 0 Å². The lowest BCUT2D eigenvalue weighted by atomic mass is 9.99. The summed E-state index contributed by atoms with van der Waals surface area (Å²) in [6.45, 7) is 8.33. The summed E-state index contributed by atoms with van der Waals surface area (Å²) in [6, 6.07) is 8.77. The number of rotatable bonds is 3.